The number of thiazole rings is 1. The molecule has 1 unspecified atom stereocenters. The zero-order chi connectivity index (χ0) is 19.4. The van der Waals surface area contributed by atoms with Crippen LogP contribution < -0.4 is 10.1 Å². The highest BCUT2D eigenvalue weighted by atomic mass is 35.5. The highest BCUT2D eigenvalue weighted by Gasteiger charge is 2.18. The minimum Gasteiger partial charge on any atom is -0.489 e. The molecule has 0 aliphatic carbocycles. The van der Waals surface area contributed by atoms with E-state index in [9.17, 15) is 9.90 Å². The molecule has 2 aromatic heterocycles. The number of nitrogens with zero attached hydrogens (tertiary/aromatic N) is 1. The number of aliphatic hydroxyl groups excluding tert-OH is 1. The van der Waals surface area contributed by atoms with Crippen LogP contribution in [0.4, 0.5) is 0 Å². The second-order valence-electron chi connectivity index (χ2n) is 5.64. The molecule has 1 amide bonds. The number of nitrogens with one attached hydrogen (secondary N) is 1. The van der Waals surface area contributed by atoms with Gasteiger partial charge in [-0.1, -0.05) is 35.3 Å². The van der Waals surface area contributed by atoms with E-state index in [0.29, 0.717) is 21.3 Å². The molecule has 5 nitrogen and oxygen atoms in total. The monoisotopic (exact) mass is 442 g/mol. The second kappa shape index (κ2) is 9.03. The summed E-state index contributed by atoms with van der Waals surface area (Å²) in [4.78, 5) is 18.4. The number of ether oxygens (including phenoxy) is 1. The van der Waals surface area contributed by atoms with Gasteiger partial charge >= 0.3 is 0 Å². The van der Waals surface area contributed by atoms with E-state index in [2.05, 4.69) is 10.3 Å². The molecule has 0 bridgehead atoms. The SMILES string of the molecule is Cc1nc(-c2cccs2)sc1C(=O)NCC(O)COc1cccc(Cl)c1Cl. The molecular formula is C18H16Cl2N2O3S2. The molecule has 0 radical (unpaired) electrons. The lowest BCUT2D eigenvalue weighted by molar-refractivity contribution is 0.0846. The first-order chi connectivity index (χ1) is 13.0. The Morgan fingerprint density at radius 2 is 2.15 bits per heavy atom. The maximum absolute atomic E-state index is 12.4. The fourth-order valence-electron chi connectivity index (χ4n) is 2.24. The first-order valence-corrected chi connectivity index (χ1v) is 10.4. The Bertz CT molecular complexity index is 929. The van der Waals surface area contributed by atoms with Gasteiger partial charge in [0.1, 0.15) is 33.4 Å². The van der Waals surface area contributed by atoms with Gasteiger partial charge in [0.25, 0.3) is 5.91 Å². The molecule has 2 heterocycles. The lowest BCUT2D eigenvalue weighted by atomic mass is 10.3. The minimum absolute atomic E-state index is 0.0253. The molecule has 3 aromatic rings. The van der Waals surface area contributed by atoms with Gasteiger partial charge in [0, 0.05) is 6.54 Å². The van der Waals surface area contributed by atoms with Gasteiger partial charge in [-0.25, -0.2) is 4.98 Å². The quantitative estimate of drug-likeness (QED) is 0.558. The molecule has 0 saturated heterocycles. The van der Waals surface area contributed by atoms with E-state index >= 15 is 0 Å². The summed E-state index contributed by atoms with van der Waals surface area (Å²) >= 11 is 14.9. The van der Waals surface area contributed by atoms with Crippen molar-refractivity contribution in [1.82, 2.24) is 10.3 Å². The third-order valence-electron chi connectivity index (χ3n) is 3.58. The number of halogens is 2. The van der Waals surface area contributed by atoms with Gasteiger partial charge in [0.05, 0.1) is 15.6 Å². The molecule has 27 heavy (non-hydrogen) atoms. The van der Waals surface area contributed by atoms with E-state index in [-0.39, 0.29) is 24.1 Å². The van der Waals surface area contributed by atoms with Crippen LogP contribution in [0.2, 0.25) is 10.0 Å². The van der Waals surface area contributed by atoms with Crippen LogP contribution >= 0.6 is 45.9 Å². The van der Waals surface area contributed by atoms with Gasteiger partial charge in [0.15, 0.2) is 0 Å². The topological polar surface area (TPSA) is 71.5 Å². The van der Waals surface area contributed by atoms with Crippen LogP contribution in [0.15, 0.2) is 35.7 Å². The smallest absolute Gasteiger partial charge is 0.263 e. The standard InChI is InChI=1S/C18H16Cl2N2O3S2/c1-10-16(27-18(22-10)14-6-3-7-26-14)17(24)21-8-11(23)9-25-13-5-2-4-12(19)15(13)20/h2-7,11,23H,8-9H2,1H3,(H,21,24). The Morgan fingerprint density at radius 3 is 2.89 bits per heavy atom. The molecule has 3 rings (SSSR count). The van der Waals surface area contributed by atoms with E-state index in [0.717, 1.165) is 9.88 Å². The van der Waals surface area contributed by atoms with Crippen LogP contribution in [-0.2, 0) is 0 Å². The summed E-state index contributed by atoms with van der Waals surface area (Å²) in [5.74, 6) is 0.112. The lowest BCUT2D eigenvalue weighted by Crippen LogP contribution is -2.35. The molecule has 0 saturated carbocycles. The van der Waals surface area contributed by atoms with Crippen LogP contribution in [-0.4, -0.2) is 35.3 Å². The van der Waals surface area contributed by atoms with Gasteiger partial charge < -0.3 is 15.2 Å². The van der Waals surface area contributed by atoms with Crippen molar-refractivity contribution < 1.29 is 14.6 Å². The molecular weight excluding hydrogens is 427 g/mol. The normalized spacial score (nSPS) is 12.0. The third-order valence-corrected chi connectivity index (χ3v) is 6.58. The molecule has 142 valence electrons. The predicted octanol–water partition coefficient (Wildman–Crippen LogP) is 4.66. The van der Waals surface area contributed by atoms with Crippen LogP contribution in [0.25, 0.3) is 9.88 Å². The number of aryl methyl sites for hydroxylation is 1. The number of amides is 1. The highest BCUT2D eigenvalue weighted by Crippen LogP contribution is 2.32. The maximum atomic E-state index is 12.4. The highest BCUT2D eigenvalue weighted by molar-refractivity contribution is 7.22. The number of rotatable bonds is 7. The van der Waals surface area contributed by atoms with E-state index in [1.54, 1.807) is 36.5 Å². The Balaban J connectivity index is 1.54. The number of hydrogen-bond donors (Lipinski definition) is 2. The number of benzene rings is 1. The molecule has 1 aromatic carbocycles. The molecule has 1 atom stereocenters. The minimum atomic E-state index is -0.894. The number of carbonyl (C=O) groups excluding carboxylic acids is 1. The summed E-state index contributed by atoms with van der Waals surface area (Å²) in [7, 11) is 0. The Hall–Kier alpha value is -1.64. The lowest BCUT2D eigenvalue weighted by Gasteiger charge is -2.14. The van der Waals surface area contributed by atoms with E-state index < -0.39 is 6.10 Å². The Morgan fingerprint density at radius 1 is 1.33 bits per heavy atom. The third kappa shape index (κ3) is 5.00. The summed E-state index contributed by atoms with van der Waals surface area (Å²) < 4.78 is 5.47. The maximum Gasteiger partial charge on any atom is 0.263 e. The molecule has 9 heteroatoms. The van der Waals surface area contributed by atoms with Crippen molar-refractivity contribution in [2.75, 3.05) is 13.2 Å². The van der Waals surface area contributed by atoms with Crippen molar-refractivity contribution >= 4 is 51.8 Å². The van der Waals surface area contributed by atoms with E-state index in [1.165, 1.54) is 11.3 Å². The summed E-state index contributed by atoms with van der Waals surface area (Å²) in [6.07, 6.45) is -0.894. The number of carbonyl (C=O) groups is 1. The van der Waals surface area contributed by atoms with E-state index in [4.69, 9.17) is 27.9 Å². The summed E-state index contributed by atoms with van der Waals surface area (Å²) in [5.41, 5.74) is 0.664. The van der Waals surface area contributed by atoms with Gasteiger partial charge in [0.2, 0.25) is 0 Å². The van der Waals surface area contributed by atoms with Crippen LogP contribution in [0, 0.1) is 6.92 Å². The summed E-state index contributed by atoms with van der Waals surface area (Å²) in [6, 6.07) is 8.92. The van der Waals surface area contributed by atoms with Crippen LogP contribution in [0.1, 0.15) is 15.4 Å². The van der Waals surface area contributed by atoms with Crippen molar-refractivity contribution in [3.63, 3.8) is 0 Å². The van der Waals surface area contributed by atoms with Gasteiger partial charge in [-0.15, -0.1) is 22.7 Å². The summed E-state index contributed by atoms with van der Waals surface area (Å²) in [5, 5.41) is 16.2. The molecule has 0 aliphatic rings. The first-order valence-electron chi connectivity index (χ1n) is 8.00. The zero-order valence-electron chi connectivity index (χ0n) is 14.2. The number of thiophene rings is 1. The average molecular weight is 443 g/mol. The number of aromatic nitrogens is 1. The largest absolute Gasteiger partial charge is 0.489 e. The van der Waals surface area contributed by atoms with E-state index in [1.807, 2.05) is 17.5 Å². The number of hydrogen-bond acceptors (Lipinski definition) is 6. The van der Waals surface area contributed by atoms with Crippen molar-refractivity contribution in [1.29, 1.82) is 0 Å². The number of aliphatic hydroxyl groups is 1. The predicted molar refractivity (Wildman–Crippen MR) is 110 cm³/mol. The Labute approximate surface area is 174 Å². The fraction of sp³-hybridized carbons (Fsp3) is 0.222. The van der Waals surface area contributed by atoms with Crippen molar-refractivity contribution in [3.05, 3.63) is 56.3 Å². The van der Waals surface area contributed by atoms with Crippen molar-refractivity contribution in [3.8, 4) is 15.6 Å². The van der Waals surface area contributed by atoms with Crippen molar-refractivity contribution in [2.45, 2.75) is 13.0 Å². The average Bonchev–Trinajstić information content (AvgIpc) is 3.30. The van der Waals surface area contributed by atoms with Gasteiger partial charge in [-0.3, -0.25) is 4.79 Å². The van der Waals surface area contributed by atoms with Gasteiger partial charge in [-0.05, 0) is 30.5 Å². The fourth-order valence-corrected chi connectivity index (χ4v) is 4.37. The molecule has 2 N–H and O–H groups in total. The molecule has 0 fully saturated rings. The van der Waals surface area contributed by atoms with Crippen molar-refractivity contribution in [2.24, 2.45) is 0 Å². The van der Waals surface area contributed by atoms with Crippen LogP contribution in [0.3, 0.4) is 0 Å². The molecule has 0 aliphatic heterocycles. The van der Waals surface area contributed by atoms with Gasteiger partial charge in [-0.2, -0.15) is 0 Å². The summed E-state index contributed by atoms with van der Waals surface area (Å²) in [6.45, 7) is 1.81. The Kier molecular flexibility index (Phi) is 6.73. The first kappa shape index (κ1) is 20.1. The molecule has 0 spiro atoms. The van der Waals surface area contributed by atoms with Crippen LogP contribution in [0.5, 0.6) is 5.75 Å². The zero-order valence-corrected chi connectivity index (χ0v) is 17.4. The second-order valence-corrected chi connectivity index (χ2v) is 8.37.